The molecule has 0 unspecified atom stereocenters. The van der Waals surface area contributed by atoms with Gasteiger partial charge in [-0.05, 0) is 18.2 Å². The smallest absolute Gasteiger partial charge is 0.250 e. The van der Waals surface area contributed by atoms with Gasteiger partial charge in [-0.15, -0.1) is 0 Å². The molecule has 3 aromatic rings. The van der Waals surface area contributed by atoms with Crippen LogP contribution >= 0.6 is 11.6 Å². The Morgan fingerprint density at radius 1 is 1.11 bits per heavy atom. The molecule has 0 spiro atoms. The van der Waals surface area contributed by atoms with E-state index in [1.807, 2.05) is 6.07 Å². The molecule has 2 heterocycles. The van der Waals surface area contributed by atoms with Gasteiger partial charge in [-0.3, -0.25) is 0 Å². The summed E-state index contributed by atoms with van der Waals surface area (Å²) < 4.78 is 35.8. The van der Waals surface area contributed by atoms with E-state index in [1.165, 1.54) is 24.5 Å². The number of hydrogen-bond acceptors (Lipinski definition) is 7. The molecule has 7 nitrogen and oxygen atoms in total. The number of hydrogen-bond donors (Lipinski definition) is 1. The summed E-state index contributed by atoms with van der Waals surface area (Å²) in [5, 5.41) is 3.16. The lowest BCUT2D eigenvalue weighted by molar-refractivity contribution is 0.351. The molecule has 1 aliphatic rings. The zero-order chi connectivity index (χ0) is 19.7. The third-order valence-electron chi connectivity index (χ3n) is 4.11. The van der Waals surface area contributed by atoms with Crippen molar-refractivity contribution in [1.82, 2.24) is 9.97 Å². The van der Waals surface area contributed by atoms with E-state index in [2.05, 4.69) is 15.3 Å². The monoisotopic (exact) mass is 403 g/mol. The Balaban J connectivity index is 1.69. The molecule has 0 saturated carbocycles. The van der Waals surface area contributed by atoms with Gasteiger partial charge < -0.3 is 24.3 Å². The van der Waals surface area contributed by atoms with Crippen LogP contribution < -0.4 is 24.3 Å². The van der Waals surface area contributed by atoms with E-state index in [0.29, 0.717) is 35.2 Å². The van der Waals surface area contributed by atoms with Gasteiger partial charge in [0.2, 0.25) is 11.8 Å². The Bertz CT molecular complexity index is 1050. The van der Waals surface area contributed by atoms with Gasteiger partial charge in [0.25, 0.3) is 0 Å². The Kier molecular flexibility index (Phi) is 4.79. The standard InChI is InChI=1S/C19H15ClFN3O4/c1-25-15-5-10-8-22-17-18(27-11-3-4-13(21)12(20)6-11)23-9-24-19(17)28-14(10)7-16(15)26-2/h3-7,9,22H,8H2,1-2H3. The molecule has 0 amide bonds. The number of aromatic nitrogens is 2. The van der Waals surface area contributed by atoms with Crippen LogP contribution in [0.1, 0.15) is 5.56 Å². The number of rotatable bonds is 4. The fourth-order valence-electron chi connectivity index (χ4n) is 2.74. The van der Waals surface area contributed by atoms with Crippen LogP contribution in [0.4, 0.5) is 10.1 Å². The fourth-order valence-corrected chi connectivity index (χ4v) is 2.91. The number of anilines is 1. The summed E-state index contributed by atoms with van der Waals surface area (Å²) in [7, 11) is 3.12. The van der Waals surface area contributed by atoms with Gasteiger partial charge >= 0.3 is 0 Å². The first-order chi connectivity index (χ1) is 13.6. The number of benzene rings is 2. The molecule has 2 aromatic carbocycles. The minimum atomic E-state index is -0.532. The minimum Gasteiger partial charge on any atom is -0.493 e. The average molecular weight is 404 g/mol. The van der Waals surface area contributed by atoms with Crippen molar-refractivity contribution >= 4 is 17.3 Å². The second-order valence-electron chi connectivity index (χ2n) is 5.81. The molecule has 1 N–H and O–H groups in total. The Hall–Kier alpha value is -3.26. The van der Waals surface area contributed by atoms with Gasteiger partial charge in [-0.1, -0.05) is 11.6 Å². The lowest BCUT2D eigenvalue weighted by Crippen LogP contribution is -2.02. The first-order valence-electron chi connectivity index (χ1n) is 8.23. The average Bonchev–Trinajstić information content (AvgIpc) is 2.89. The molecule has 0 aliphatic carbocycles. The first-order valence-corrected chi connectivity index (χ1v) is 8.61. The summed E-state index contributed by atoms with van der Waals surface area (Å²) in [6.45, 7) is 0.413. The van der Waals surface area contributed by atoms with Crippen molar-refractivity contribution in [3.05, 3.63) is 53.1 Å². The summed E-state index contributed by atoms with van der Waals surface area (Å²) in [5.41, 5.74) is 1.29. The SMILES string of the molecule is COc1cc2c(cc1OC)Oc1ncnc(Oc3ccc(F)c(Cl)c3)c1NC2. The number of ether oxygens (including phenoxy) is 4. The first kappa shape index (κ1) is 18.1. The van der Waals surface area contributed by atoms with E-state index in [0.717, 1.165) is 5.56 Å². The van der Waals surface area contributed by atoms with Crippen molar-refractivity contribution in [2.75, 3.05) is 19.5 Å². The highest BCUT2D eigenvalue weighted by Gasteiger charge is 2.23. The highest BCUT2D eigenvalue weighted by atomic mass is 35.5. The van der Waals surface area contributed by atoms with Gasteiger partial charge in [0.05, 0.1) is 19.2 Å². The molecule has 4 rings (SSSR count). The van der Waals surface area contributed by atoms with E-state index < -0.39 is 5.82 Å². The molecule has 9 heteroatoms. The van der Waals surface area contributed by atoms with E-state index in [4.69, 9.17) is 30.5 Å². The molecule has 0 atom stereocenters. The summed E-state index contributed by atoms with van der Waals surface area (Å²) in [5.74, 6) is 1.99. The van der Waals surface area contributed by atoms with Crippen molar-refractivity contribution in [2.24, 2.45) is 0 Å². The molecule has 0 bridgehead atoms. The van der Waals surface area contributed by atoms with Gasteiger partial charge in [0.1, 0.15) is 23.6 Å². The molecular weight excluding hydrogens is 389 g/mol. The summed E-state index contributed by atoms with van der Waals surface area (Å²) in [6, 6.07) is 7.59. The molecule has 144 valence electrons. The highest BCUT2D eigenvalue weighted by molar-refractivity contribution is 6.30. The van der Waals surface area contributed by atoms with Crippen LogP contribution in [0.15, 0.2) is 36.7 Å². The van der Waals surface area contributed by atoms with Crippen LogP contribution in [0, 0.1) is 5.82 Å². The topological polar surface area (TPSA) is 74.7 Å². The zero-order valence-electron chi connectivity index (χ0n) is 15.0. The Labute approximate surface area is 165 Å². The van der Waals surface area contributed by atoms with Gasteiger partial charge in [-0.2, -0.15) is 9.97 Å². The molecule has 0 saturated heterocycles. The number of methoxy groups -OCH3 is 2. The highest BCUT2D eigenvalue weighted by Crippen LogP contribution is 2.43. The second kappa shape index (κ2) is 7.40. The van der Waals surface area contributed by atoms with E-state index in [9.17, 15) is 4.39 Å². The third-order valence-corrected chi connectivity index (χ3v) is 4.40. The van der Waals surface area contributed by atoms with Crippen LogP contribution in [0.3, 0.4) is 0 Å². The third kappa shape index (κ3) is 3.34. The van der Waals surface area contributed by atoms with Crippen molar-refractivity contribution in [1.29, 1.82) is 0 Å². The van der Waals surface area contributed by atoms with E-state index >= 15 is 0 Å². The van der Waals surface area contributed by atoms with Gasteiger partial charge in [0.15, 0.2) is 17.2 Å². The van der Waals surface area contributed by atoms with Gasteiger partial charge in [0, 0.05) is 24.2 Å². The molecule has 1 aromatic heterocycles. The van der Waals surface area contributed by atoms with Crippen molar-refractivity contribution in [2.45, 2.75) is 6.54 Å². The van der Waals surface area contributed by atoms with Crippen LogP contribution in [0.25, 0.3) is 0 Å². The lowest BCUT2D eigenvalue weighted by Gasteiger charge is -2.12. The number of nitrogens with zero attached hydrogens (tertiary/aromatic N) is 2. The molecule has 1 aliphatic heterocycles. The summed E-state index contributed by atoms with van der Waals surface area (Å²) >= 11 is 5.82. The molecule has 0 fully saturated rings. The van der Waals surface area contributed by atoms with Crippen molar-refractivity contribution < 1.29 is 23.3 Å². The van der Waals surface area contributed by atoms with E-state index in [-0.39, 0.29) is 16.8 Å². The summed E-state index contributed by atoms with van der Waals surface area (Å²) in [4.78, 5) is 8.33. The van der Waals surface area contributed by atoms with Crippen LogP contribution in [0.5, 0.6) is 34.8 Å². The maximum Gasteiger partial charge on any atom is 0.250 e. The van der Waals surface area contributed by atoms with Crippen LogP contribution in [0.2, 0.25) is 5.02 Å². The van der Waals surface area contributed by atoms with Crippen molar-refractivity contribution in [3.8, 4) is 34.8 Å². The van der Waals surface area contributed by atoms with Crippen LogP contribution in [-0.2, 0) is 6.54 Å². The molecule has 28 heavy (non-hydrogen) atoms. The Morgan fingerprint density at radius 3 is 2.64 bits per heavy atom. The zero-order valence-corrected chi connectivity index (χ0v) is 15.7. The number of halogens is 2. The maximum atomic E-state index is 13.4. The fraction of sp³-hybridized carbons (Fsp3) is 0.158. The van der Waals surface area contributed by atoms with E-state index in [1.54, 1.807) is 20.3 Å². The van der Waals surface area contributed by atoms with Crippen LogP contribution in [-0.4, -0.2) is 24.2 Å². The minimum absolute atomic E-state index is 0.0477. The van der Waals surface area contributed by atoms with Crippen molar-refractivity contribution in [3.63, 3.8) is 0 Å². The Morgan fingerprint density at radius 2 is 1.89 bits per heavy atom. The van der Waals surface area contributed by atoms with Gasteiger partial charge in [-0.25, -0.2) is 4.39 Å². The summed E-state index contributed by atoms with van der Waals surface area (Å²) in [6.07, 6.45) is 1.31. The predicted molar refractivity (Wildman–Crippen MR) is 100 cm³/mol. The number of nitrogens with one attached hydrogen (secondary N) is 1. The maximum absolute atomic E-state index is 13.4. The molecule has 0 radical (unpaired) electrons. The molecular formula is C19H15ClFN3O4. The normalized spacial score (nSPS) is 12.0. The predicted octanol–water partition coefficient (Wildman–Crippen LogP) is 4.80. The lowest BCUT2D eigenvalue weighted by atomic mass is 10.1. The quantitative estimate of drug-likeness (QED) is 0.670. The largest absolute Gasteiger partial charge is 0.493 e. The second-order valence-corrected chi connectivity index (χ2v) is 6.21. The number of fused-ring (bicyclic) bond motifs is 2.